The number of nitrogens with zero attached hydrogens (tertiary/aromatic N) is 2. The van der Waals surface area contributed by atoms with Crippen molar-refractivity contribution in [3.05, 3.63) is 130 Å². The fourth-order valence-electron chi connectivity index (χ4n) is 6.77. The van der Waals surface area contributed by atoms with Crippen LogP contribution in [0.25, 0.3) is 6.08 Å². The van der Waals surface area contributed by atoms with Crippen molar-refractivity contribution in [2.45, 2.75) is 24.4 Å². The molecule has 7 rings (SSSR count). The minimum absolute atomic E-state index is 0.250. The van der Waals surface area contributed by atoms with Crippen LogP contribution < -0.4 is 10.2 Å². The highest BCUT2D eigenvalue weighted by atomic mass is 35.5. The number of pyridine rings is 1. The minimum atomic E-state index is -1.35. The number of Topliss-reactive ketones (excluding diaryl/α,β-unsaturated/α-hetero) is 2. The van der Waals surface area contributed by atoms with Crippen molar-refractivity contribution >= 4 is 46.5 Å². The highest BCUT2D eigenvalue weighted by molar-refractivity contribution is 6.30. The molecule has 0 bridgehead atoms. The number of nitrogens with one attached hydrogen (secondary N) is 1. The number of fused-ring (bicyclic) bond motifs is 6. The third-order valence-electron chi connectivity index (χ3n) is 8.41. The molecular weight excluding hydrogens is 522 g/mol. The van der Waals surface area contributed by atoms with Gasteiger partial charge < -0.3 is 10.2 Å². The summed E-state index contributed by atoms with van der Waals surface area (Å²) in [4.78, 5) is 49.7. The van der Waals surface area contributed by atoms with Gasteiger partial charge in [0.15, 0.2) is 11.6 Å². The highest BCUT2D eigenvalue weighted by Crippen LogP contribution is 2.58. The zero-order chi connectivity index (χ0) is 27.6. The van der Waals surface area contributed by atoms with Crippen LogP contribution in [0.2, 0.25) is 5.02 Å². The number of hydrogen-bond acceptors (Lipinski definition) is 5. The maximum absolute atomic E-state index is 14.6. The fourth-order valence-corrected chi connectivity index (χ4v) is 6.90. The first-order chi connectivity index (χ1) is 19.4. The second kappa shape index (κ2) is 9.00. The van der Waals surface area contributed by atoms with Gasteiger partial charge in [-0.25, -0.2) is 0 Å². The summed E-state index contributed by atoms with van der Waals surface area (Å²) in [6, 6.07) is 22.0. The summed E-state index contributed by atoms with van der Waals surface area (Å²) < 4.78 is 0. The average molecular weight is 546 g/mol. The van der Waals surface area contributed by atoms with E-state index in [2.05, 4.69) is 16.4 Å². The van der Waals surface area contributed by atoms with Crippen molar-refractivity contribution in [1.29, 1.82) is 0 Å². The molecule has 6 nitrogen and oxygen atoms in total. The highest BCUT2D eigenvalue weighted by Gasteiger charge is 2.70. The monoisotopic (exact) mass is 545 g/mol. The van der Waals surface area contributed by atoms with E-state index < -0.39 is 23.4 Å². The molecule has 1 amide bonds. The second-order valence-corrected chi connectivity index (χ2v) is 11.0. The van der Waals surface area contributed by atoms with E-state index in [0.717, 1.165) is 16.8 Å². The molecule has 0 radical (unpaired) electrons. The number of ketones is 2. The Balaban J connectivity index is 1.54. The minimum Gasteiger partial charge on any atom is -0.352 e. The van der Waals surface area contributed by atoms with Gasteiger partial charge in [-0.3, -0.25) is 19.4 Å². The van der Waals surface area contributed by atoms with Gasteiger partial charge in [0.05, 0.1) is 12.0 Å². The summed E-state index contributed by atoms with van der Waals surface area (Å²) in [5.41, 5.74) is 3.60. The van der Waals surface area contributed by atoms with E-state index in [4.69, 9.17) is 11.6 Å². The number of carbonyl (C=O) groups excluding carboxylic acids is 3. The van der Waals surface area contributed by atoms with E-state index in [1.54, 1.807) is 42.6 Å². The first-order valence-electron chi connectivity index (χ1n) is 13.1. The van der Waals surface area contributed by atoms with Gasteiger partial charge in [-0.15, -0.1) is 0 Å². The molecule has 1 aromatic heterocycles. The van der Waals surface area contributed by atoms with Crippen LogP contribution in [0.5, 0.6) is 0 Å². The van der Waals surface area contributed by atoms with Crippen molar-refractivity contribution in [3.63, 3.8) is 0 Å². The zero-order valence-corrected chi connectivity index (χ0v) is 22.3. The Bertz CT molecular complexity index is 1730. The van der Waals surface area contributed by atoms with E-state index in [9.17, 15) is 14.4 Å². The number of hydrogen-bond donors (Lipinski definition) is 1. The lowest BCUT2D eigenvalue weighted by Gasteiger charge is -2.37. The summed E-state index contributed by atoms with van der Waals surface area (Å²) in [5, 5.41) is 3.55. The van der Waals surface area contributed by atoms with Crippen molar-refractivity contribution < 1.29 is 14.4 Å². The SMILES string of the molecule is Cc1ccc2c(c1)C=C[C@@H]1N2[C@H](C(=O)c2ccc(Cl)cc2)[C@@H](C(=O)c2cccnc2)[C@@]12C(=O)Nc1ccccc12. The molecule has 0 saturated carbocycles. The maximum atomic E-state index is 14.6. The molecule has 196 valence electrons. The van der Waals surface area contributed by atoms with Gasteiger partial charge in [-0.1, -0.05) is 53.6 Å². The van der Waals surface area contributed by atoms with Crippen LogP contribution in [0.15, 0.2) is 97.3 Å². The van der Waals surface area contributed by atoms with Crippen molar-refractivity contribution in [2.24, 2.45) is 5.92 Å². The van der Waals surface area contributed by atoms with Crippen LogP contribution in [0, 0.1) is 12.8 Å². The van der Waals surface area contributed by atoms with Gasteiger partial charge in [0.1, 0.15) is 11.5 Å². The number of anilines is 2. The molecule has 40 heavy (non-hydrogen) atoms. The number of aryl methyl sites for hydroxylation is 1. The average Bonchev–Trinajstić information content (AvgIpc) is 3.45. The number of benzene rings is 3. The van der Waals surface area contributed by atoms with Crippen LogP contribution in [-0.2, 0) is 10.2 Å². The summed E-state index contributed by atoms with van der Waals surface area (Å²) in [6.45, 7) is 2.01. The van der Waals surface area contributed by atoms with Crippen LogP contribution in [0.4, 0.5) is 11.4 Å². The van der Waals surface area contributed by atoms with Crippen LogP contribution in [0.1, 0.15) is 37.4 Å². The molecule has 4 aromatic rings. The number of amides is 1. The number of para-hydroxylation sites is 1. The second-order valence-electron chi connectivity index (χ2n) is 10.5. The standard InChI is InChI=1S/C33H24ClN3O3/c1-19-8-14-26-21(17-19)11-15-27-33(24-6-2-3-7-25(24)36-32(33)40)28(30(38)22-5-4-16-35-18-22)29(37(26)27)31(39)20-9-12-23(34)13-10-20/h2-18,27-29H,1H3,(H,36,40)/t27-,28-,29-,33-/m0/s1. The van der Waals surface area contributed by atoms with Gasteiger partial charge >= 0.3 is 0 Å². The van der Waals surface area contributed by atoms with Crippen molar-refractivity contribution in [2.75, 3.05) is 10.2 Å². The number of aromatic nitrogens is 1. The molecule has 3 aliphatic heterocycles. The fraction of sp³-hybridized carbons (Fsp3) is 0.152. The predicted octanol–water partition coefficient (Wildman–Crippen LogP) is 5.90. The topological polar surface area (TPSA) is 79.4 Å². The summed E-state index contributed by atoms with van der Waals surface area (Å²) in [7, 11) is 0. The first kappa shape index (κ1) is 24.5. The third kappa shape index (κ3) is 3.36. The van der Waals surface area contributed by atoms with Gasteiger partial charge in [-0.05, 0) is 72.6 Å². The number of carbonyl (C=O) groups is 3. The van der Waals surface area contributed by atoms with E-state index >= 15 is 0 Å². The molecule has 0 aliphatic carbocycles. The zero-order valence-electron chi connectivity index (χ0n) is 21.5. The number of rotatable bonds is 4. The van der Waals surface area contributed by atoms with Gasteiger partial charge in [0, 0.05) is 39.9 Å². The Kier molecular flexibility index (Phi) is 5.51. The molecule has 7 heteroatoms. The van der Waals surface area contributed by atoms with E-state index in [1.165, 1.54) is 6.20 Å². The first-order valence-corrected chi connectivity index (χ1v) is 13.5. The molecule has 1 spiro atoms. The summed E-state index contributed by atoms with van der Waals surface area (Å²) in [6.07, 6.45) is 7.07. The predicted molar refractivity (Wildman–Crippen MR) is 155 cm³/mol. The molecule has 0 unspecified atom stereocenters. The summed E-state index contributed by atoms with van der Waals surface area (Å²) >= 11 is 6.16. The Morgan fingerprint density at radius 1 is 0.950 bits per heavy atom. The van der Waals surface area contributed by atoms with Crippen LogP contribution >= 0.6 is 11.6 Å². The lowest BCUT2D eigenvalue weighted by molar-refractivity contribution is -0.121. The van der Waals surface area contributed by atoms with Crippen LogP contribution in [-0.4, -0.2) is 34.5 Å². The van der Waals surface area contributed by atoms with E-state index in [-0.39, 0.29) is 17.5 Å². The van der Waals surface area contributed by atoms with Crippen molar-refractivity contribution in [1.82, 2.24) is 4.98 Å². The van der Waals surface area contributed by atoms with E-state index in [0.29, 0.717) is 27.4 Å². The normalized spacial score (nSPS) is 23.9. The Morgan fingerprint density at radius 3 is 2.52 bits per heavy atom. The van der Waals surface area contributed by atoms with Gasteiger partial charge in [-0.2, -0.15) is 0 Å². The lowest BCUT2D eigenvalue weighted by atomic mass is 9.64. The quantitative estimate of drug-likeness (QED) is 0.323. The molecule has 1 fully saturated rings. The summed E-state index contributed by atoms with van der Waals surface area (Å²) in [5.74, 6) is -1.88. The molecule has 4 atom stereocenters. The smallest absolute Gasteiger partial charge is 0.238 e. The Labute approximate surface area is 236 Å². The molecule has 1 saturated heterocycles. The lowest BCUT2D eigenvalue weighted by Crippen LogP contribution is -2.51. The van der Waals surface area contributed by atoms with Gasteiger partial charge in [0.2, 0.25) is 5.91 Å². The molecular formula is C33H24ClN3O3. The molecule has 3 aliphatic rings. The van der Waals surface area contributed by atoms with Crippen molar-refractivity contribution in [3.8, 4) is 0 Å². The largest absolute Gasteiger partial charge is 0.352 e. The Hall–Kier alpha value is -4.55. The molecule has 1 N–H and O–H groups in total. The van der Waals surface area contributed by atoms with Gasteiger partial charge in [0.25, 0.3) is 0 Å². The number of halogens is 1. The van der Waals surface area contributed by atoms with Crippen LogP contribution in [0.3, 0.4) is 0 Å². The Morgan fingerprint density at radius 2 is 1.75 bits per heavy atom. The molecule has 3 aromatic carbocycles. The van der Waals surface area contributed by atoms with E-state index in [1.807, 2.05) is 60.4 Å². The third-order valence-corrected chi connectivity index (χ3v) is 8.67. The molecule has 4 heterocycles. The maximum Gasteiger partial charge on any atom is 0.238 e.